The highest BCUT2D eigenvalue weighted by atomic mass is 16.2. The van der Waals surface area contributed by atoms with Crippen molar-refractivity contribution in [3.05, 3.63) is 0 Å². The zero-order chi connectivity index (χ0) is 10.3. The second-order valence-corrected chi connectivity index (χ2v) is 3.02. The highest BCUT2D eigenvalue weighted by Crippen LogP contribution is 2.03. The number of amides is 2. The summed E-state index contributed by atoms with van der Waals surface area (Å²) in [5.74, 6) is -0.783. The van der Waals surface area contributed by atoms with E-state index in [0.717, 1.165) is 12.8 Å². The Morgan fingerprint density at radius 3 is 2.54 bits per heavy atom. The van der Waals surface area contributed by atoms with E-state index >= 15 is 0 Å². The number of hydrogen-bond acceptors (Lipinski definition) is 3. The van der Waals surface area contributed by atoms with E-state index in [9.17, 15) is 9.59 Å². The van der Waals surface area contributed by atoms with Gasteiger partial charge < -0.3 is 16.8 Å². The fraction of sp³-hybridized carbons (Fsp3) is 0.750. The lowest BCUT2D eigenvalue weighted by atomic mass is 10.1. The van der Waals surface area contributed by atoms with Gasteiger partial charge in [-0.05, 0) is 19.4 Å². The molecule has 0 bridgehead atoms. The minimum atomic E-state index is -0.528. The van der Waals surface area contributed by atoms with Crippen molar-refractivity contribution in [2.24, 2.45) is 17.4 Å². The summed E-state index contributed by atoms with van der Waals surface area (Å²) in [4.78, 5) is 21.5. The summed E-state index contributed by atoms with van der Waals surface area (Å²) in [5.41, 5.74) is 10.2. The first-order valence-electron chi connectivity index (χ1n) is 4.34. The van der Waals surface area contributed by atoms with Crippen LogP contribution in [0.2, 0.25) is 0 Å². The van der Waals surface area contributed by atoms with Gasteiger partial charge in [-0.1, -0.05) is 6.92 Å². The predicted molar refractivity (Wildman–Crippen MR) is 49.7 cm³/mol. The van der Waals surface area contributed by atoms with Crippen LogP contribution in [0.1, 0.15) is 19.8 Å². The van der Waals surface area contributed by atoms with Crippen molar-refractivity contribution >= 4 is 11.8 Å². The standard InChI is InChI=1S/C8H17N3O2/c1-6(3-2-4-9)8(13)11-5-7(10)12/h6H,2-5,9H2,1H3,(H2,10,12)(H,11,13). The molecule has 2 amide bonds. The Hall–Kier alpha value is -1.10. The average Bonchev–Trinajstić information content (AvgIpc) is 2.10. The Kier molecular flexibility index (Phi) is 5.88. The SMILES string of the molecule is CC(CCCN)C(=O)NCC(N)=O. The van der Waals surface area contributed by atoms with Gasteiger partial charge in [-0.2, -0.15) is 0 Å². The van der Waals surface area contributed by atoms with E-state index in [0.29, 0.717) is 6.54 Å². The van der Waals surface area contributed by atoms with E-state index in [1.165, 1.54) is 0 Å². The van der Waals surface area contributed by atoms with E-state index in [-0.39, 0.29) is 18.4 Å². The molecule has 0 radical (unpaired) electrons. The lowest BCUT2D eigenvalue weighted by molar-refractivity contribution is -0.127. The molecule has 76 valence electrons. The number of nitrogens with two attached hydrogens (primary N) is 2. The van der Waals surface area contributed by atoms with E-state index in [4.69, 9.17) is 11.5 Å². The fourth-order valence-corrected chi connectivity index (χ4v) is 0.904. The second-order valence-electron chi connectivity index (χ2n) is 3.02. The molecule has 5 heteroatoms. The van der Waals surface area contributed by atoms with Gasteiger partial charge >= 0.3 is 0 Å². The zero-order valence-electron chi connectivity index (χ0n) is 7.88. The van der Waals surface area contributed by atoms with E-state index in [1.54, 1.807) is 6.92 Å². The Morgan fingerprint density at radius 2 is 2.08 bits per heavy atom. The molecule has 0 saturated carbocycles. The van der Waals surface area contributed by atoms with Crippen molar-refractivity contribution < 1.29 is 9.59 Å². The molecule has 0 aliphatic carbocycles. The molecular weight excluding hydrogens is 170 g/mol. The minimum Gasteiger partial charge on any atom is -0.368 e. The third kappa shape index (κ3) is 6.10. The first-order chi connectivity index (χ1) is 6.07. The van der Waals surface area contributed by atoms with Crippen LogP contribution in [-0.4, -0.2) is 24.9 Å². The van der Waals surface area contributed by atoms with Crippen molar-refractivity contribution in [3.63, 3.8) is 0 Å². The maximum absolute atomic E-state index is 11.2. The zero-order valence-corrected chi connectivity index (χ0v) is 7.88. The van der Waals surface area contributed by atoms with Gasteiger partial charge in [0.25, 0.3) is 0 Å². The summed E-state index contributed by atoms with van der Waals surface area (Å²) in [6.45, 7) is 2.28. The van der Waals surface area contributed by atoms with Gasteiger partial charge in [0, 0.05) is 5.92 Å². The molecule has 1 atom stereocenters. The van der Waals surface area contributed by atoms with Crippen molar-refractivity contribution in [2.75, 3.05) is 13.1 Å². The van der Waals surface area contributed by atoms with Crippen LogP contribution in [0.25, 0.3) is 0 Å². The predicted octanol–water partition coefficient (Wildman–Crippen LogP) is -1.04. The summed E-state index contributed by atoms with van der Waals surface area (Å²) in [6, 6.07) is 0. The summed E-state index contributed by atoms with van der Waals surface area (Å²) < 4.78 is 0. The largest absolute Gasteiger partial charge is 0.368 e. The van der Waals surface area contributed by atoms with Crippen LogP contribution in [0.5, 0.6) is 0 Å². The van der Waals surface area contributed by atoms with Crippen LogP contribution >= 0.6 is 0 Å². The van der Waals surface area contributed by atoms with Gasteiger partial charge in [-0.15, -0.1) is 0 Å². The molecule has 0 spiro atoms. The van der Waals surface area contributed by atoms with Crippen molar-refractivity contribution in [1.29, 1.82) is 0 Å². The van der Waals surface area contributed by atoms with E-state index < -0.39 is 5.91 Å². The molecule has 13 heavy (non-hydrogen) atoms. The lowest BCUT2D eigenvalue weighted by Crippen LogP contribution is -2.36. The number of nitrogens with one attached hydrogen (secondary N) is 1. The highest BCUT2D eigenvalue weighted by molar-refractivity contribution is 5.84. The summed E-state index contributed by atoms with van der Waals surface area (Å²) in [7, 11) is 0. The van der Waals surface area contributed by atoms with Crippen LogP contribution in [0.15, 0.2) is 0 Å². The molecule has 0 aliphatic rings. The van der Waals surface area contributed by atoms with Gasteiger partial charge in [0.2, 0.25) is 11.8 Å². The first kappa shape index (κ1) is 11.9. The Morgan fingerprint density at radius 1 is 1.46 bits per heavy atom. The van der Waals surface area contributed by atoms with E-state index in [2.05, 4.69) is 5.32 Å². The molecule has 0 aromatic carbocycles. The Labute approximate surface area is 77.8 Å². The highest BCUT2D eigenvalue weighted by Gasteiger charge is 2.11. The molecular formula is C8H17N3O2. The quantitative estimate of drug-likeness (QED) is 0.495. The van der Waals surface area contributed by atoms with Gasteiger partial charge in [0.1, 0.15) is 0 Å². The number of carbonyl (C=O) groups is 2. The van der Waals surface area contributed by atoms with Crippen molar-refractivity contribution in [2.45, 2.75) is 19.8 Å². The number of carbonyl (C=O) groups excluding carboxylic acids is 2. The fourth-order valence-electron chi connectivity index (χ4n) is 0.904. The van der Waals surface area contributed by atoms with Gasteiger partial charge in [0.05, 0.1) is 6.54 Å². The molecule has 0 aromatic rings. The number of hydrogen-bond donors (Lipinski definition) is 3. The maximum Gasteiger partial charge on any atom is 0.236 e. The third-order valence-electron chi connectivity index (χ3n) is 1.73. The average molecular weight is 187 g/mol. The molecule has 0 fully saturated rings. The molecule has 0 aromatic heterocycles. The minimum absolute atomic E-state index is 0.0915. The lowest BCUT2D eigenvalue weighted by Gasteiger charge is -2.09. The van der Waals surface area contributed by atoms with Crippen molar-refractivity contribution in [1.82, 2.24) is 5.32 Å². The van der Waals surface area contributed by atoms with Crippen LogP contribution < -0.4 is 16.8 Å². The number of primary amides is 1. The Bertz CT molecular complexity index is 182. The Balaban J connectivity index is 3.63. The molecule has 1 unspecified atom stereocenters. The topological polar surface area (TPSA) is 98.2 Å². The maximum atomic E-state index is 11.2. The molecule has 0 heterocycles. The first-order valence-corrected chi connectivity index (χ1v) is 4.34. The summed E-state index contributed by atoms with van der Waals surface area (Å²) in [5, 5.41) is 2.44. The van der Waals surface area contributed by atoms with Crippen LogP contribution in [0, 0.1) is 5.92 Å². The monoisotopic (exact) mass is 187 g/mol. The molecule has 0 saturated heterocycles. The summed E-state index contributed by atoms with van der Waals surface area (Å²) >= 11 is 0. The van der Waals surface area contributed by atoms with E-state index in [1.807, 2.05) is 0 Å². The molecule has 0 rings (SSSR count). The van der Waals surface area contributed by atoms with Crippen LogP contribution in [0.4, 0.5) is 0 Å². The van der Waals surface area contributed by atoms with Crippen LogP contribution in [0.3, 0.4) is 0 Å². The molecule has 0 aliphatic heterocycles. The smallest absolute Gasteiger partial charge is 0.236 e. The number of rotatable bonds is 6. The van der Waals surface area contributed by atoms with Gasteiger partial charge in [-0.25, -0.2) is 0 Å². The van der Waals surface area contributed by atoms with Crippen LogP contribution in [-0.2, 0) is 9.59 Å². The van der Waals surface area contributed by atoms with Crippen molar-refractivity contribution in [3.8, 4) is 0 Å². The second kappa shape index (κ2) is 6.42. The third-order valence-corrected chi connectivity index (χ3v) is 1.73. The van der Waals surface area contributed by atoms with Gasteiger partial charge in [0.15, 0.2) is 0 Å². The normalized spacial score (nSPS) is 12.2. The summed E-state index contributed by atoms with van der Waals surface area (Å²) in [6.07, 6.45) is 1.55. The molecule has 5 nitrogen and oxygen atoms in total. The molecule has 5 N–H and O–H groups in total. The van der Waals surface area contributed by atoms with Gasteiger partial charge in [-0.3, -0.25) is 9.59 Å².